The summed E-state index contributed by atoms with van der Waals surface area (Å²) in [6.45, 7) is 6.64. The molecule has 0 rings (SSSR count). The van der Waals surface area contributed by atoms with Crippen molar-refractivity contribution < 1.29 is 0 Å². The smallest absolute Gasteiger partial charge is 0.0359 e. The molecule has 12 heavy (non-hydrogen) atoms. The summed E-state index contributed by atoms with van der Waals surface area (Å²) < 4.78 is 0. The molecule has 0 aliphatic rings. The average molecular weight is 209 g/mol. The van der Waals surface area contributed by atoms with Crippen molar-refractivity contribution >= 4 is 23.4 Å². The van der Waals surface area contributed by atoms with E-state index in [1.807, 2.05) is 11.8 Å². The molecule has 0 aliphatic heterocycles. The highest BCUT2D eigenvalue weighted by Gasteiger charge is 2.10. The van der Waals surface area contributed by atoms with Crippen LogP contribution in [-0.4, -0.2) is 16.9 Å². The van der Waals surface area contributed by atoms with E-state index in [-0.39, 0.29) is 0 Å². The molecule has 0 fully saturated rings. The zero-order valence-corrected chi connectivity index (χ0v) is 10.0. The molecule has 0 aromatic heterocycles. The quantitative estimate of drug-likeness (QED) is 0.447. The molecule has 0 nitrogen and oxygen atoms in total. The van der Waals surface area contributed by atoms with Crippen LogP contribution in [0.2, 0.25) is 0 Å². The summed E-state index contributed by atoms with van der Waals surface area (Å²) in [6, 6.07) is 0. The van der Waals surface area contributed by atoms with Crippen molar-refractivity contribution in [3.8, 4) is 0 Å². The molecule has 2 heteroatoms. The fourth-order valence-corrected chi connectivity index (χ4v) is 2.02. The van der Waals surface area contributed by atoms with E-state index >= 15 is 0 Å². The Balaban J connectivity index is 3.24. The molecule has 0 radical (unpaired) electrons. The molecule has 2 atom stereocenters. The van der Waals surface area contributed by atoms with E-state index in [0.717, 1.165) is 6.42 Å². The van der Waals surface area contributed by atoms with Gasteiger partial charge in [-0.15, -0.1) is 11.6 Å². The maximum absolute atomic E-state index is 6.12. The first-order chi connectivity index (χ1) is 5.72. The Kier molecular flexibility index (Phi) is 8.69. The largest absolute Gasteiger partial charge is 0.162 e. The van der Waals surface area contributed by atoms with Crippen molar-refractivity contribution in [2.24, 2.45) is 5.92 Å². The monoisotopic (exact) mass is 208 g/mol. The van der Waals surface area contributed by atoms with Crippen LogP contribution in [0.25, 0.3) is 0 Å². The van der Waals surface area contributed by atoms with E-state index < -0.39 is 0 Å². The second-order valence-electron chi connectivity index (χ2n) is 3.24. The van der Waals surface area contributed by atoms with Crippen LogP contribution in [0.15, 0.2) is 0 Å². The maximum Gasteiger partial charge on any atom is 0.0359 e. The zero-order valence-electron chi connectivity index (χ0n) is 8.48. The predicted octanol–water partition coefficient (Wildman–Crippen LogP) is 4.17. The normalized spacial score (nSPS) is 16.0. The molecule has 0 aliphatic carbocycles. The van der Waals surface area contributed by atoms with Crippen molar-refractivity contribution in [2.75, 3.05) is 11.5 Å². The molecule has 0 spiro atoms. The van der Waals surface area contributed by atoms with Gasteiger partial charge in [-0.05, 0) is 36.7 Å². The number of alkyl halides is 1. The van der Waals surface area contributed by atoms with Crippen LogP contribution >= 0.6 is 23.4 Å². The molecular weight excluding hydrogens is 188 g/mol. The second kappa shape index (κ2) is 8.25. The van der Waals surface area contributed by atoms with Gasteiger partial charge in [0.1, 0.15) is 0 Å². The zero-order chi connectivity index (χ0) is 9.40. The van der Waals surface area contributed by atoms with Crippen molar-refractivity contribution in [2.45, 2.75) is 45.4 Å². The van der Waals surface area contributed by atoms with Gasteiger partial charge in [-0.2, -0.15) is 11.8 Å². The van der Waals surface area contributed by atoms with Crippen LogP contribution in [0.1, 0.15) is 40.0 Å². The second-order valence-corrected chi connectivity index (χ2v) is 5.20. The summed E-state index contributed by atoms with van der Waals surface area (Å²) in [5.41, 5.74) is 0. The third-order valence-electron chi connectivity index (χ3n) is 2.16. The molecule has 0 bridgehead atoms. The fraction of sp³-hybridized carbons (Fsp3) is 1.00. The standard InChI is InChI=1S/C10H21ClS/c1-4-10(11)9(3)7-6-8-12-5-2/h9-10H,4-8H2,1-3H3. The number of halogens is 1. The molecule has 0 aromatic carbocycles. The van der Waals surface area contributed by atoms with Crippen molar-refractivity contribution in [3.05, 3.63) is 0 Å². The van der Waals surface area contributed by atoms with E-state index in [2.05, 4.69) is 20.8 Å². The van der Waals surface area contributed by atoms with E-state index in [0.29, 0.717) is 11.3 Å². The molecular formula is C10H21ClS. The summed E-state index contributed by atoms with van der Waals surface area (Å²) in [5.74, 6) is 3.23. The highest BCUT2D eigenvalue weighted by Crippen LogP contribution is 2.19. The van der Waals surface area contributed by atoms with Gasteiger partial charge >= 0.3 is 0 Å². The highest BCUT2D eigenvalue weighted by atomic mass is 35.5. The maximum atomic E-state index is 6.12. The van der Waals surface area contributed by atoms with Gasteiger partial charge in [-0.25, -0.2) is 0 Å². The lowest BCUT2D eigenvalue weighted by atomic mass is 10.0. The molecule has 74 valence electrons. The molecule has 0 heterocycles. The van der Waals surface area contributed by atoms with Gasteiger partial charge in [0.05, 0.1) is 0 Å². The Labute approximate surface area is 86.5 Å². The first-order valence-corrected chi connectivity index (χ1v) is 6.53. The first-order valence-electron chi connectivity index (χ1n) is 4.94. The van der Waals surface area contributed by atoms with Gasteiger partial charge in [0, 0.05) is 5.38 Å². The number of thioether (sulfide) groups is 1. The molecule has 0 aromatic rings. The minimum Gasteiger partial charge on any atom is -0.162 e. The van der Waals surface area contributed by atoms with E-state index in [1.54, 1.807) is 0 Å². The molecule has 0 saturated heterocycles. The van der Waals surface area contributed by atoms with Gasteiger partial charge < -0.3 is 0 Å². The molecule has 0 N–H and O–H groups in total. The highest BCUT2D eigenvalue weighted by molar-refractivity contribution is 7.99. The Morgan fingerprint density at radius 3 is 2.50 bits per heavy atom. The van der Waals surface area contributed by atoms with Crippen LogP contribution in [-0.2, 0) is 0 Å². The third-order valence-corrected chi connectivity index (χ3v) is 3.88. The summed E-state index contributed by atoms with van der Waals surface area (Å²) in [4.78, 5) is 0. The number of hydrogen-bond acceptors (Lipinski definition) is 1. The summed E-state index contributed by atoms with van der Waals surface area (Å²) in [5, 5.41) is 0.386. The van der Waals surface area contributed by atoms with Crippen LogP contribution in [0.3, 0.4) is 0 Å². The Hall–Kier alpha value is 0.640. The van der Waals surface area contributed by atoms with Gasteiger partial charge in [-0.3, -0.25) is 0 Å². The van der Waals surface area contributed by atoms with Crippen LogP contribution in [0.4, 0.5) is 0 Å². The van der Waals surface area contributed by atoms with Crippen LogP contribution in [0, 0.1) is 5.92 Å². The predicted molar refractivity (Wildman–Crippen MR) is 61.3 cm³/mol. The summed E-state index contributed by atoms with van der Waals surface area (Å²) in [7, 11) is 0. The van der Waals surface area contributed by atoms with Crippen LogP contribution < -0.4 is 0 Å². The third kappa shape index (κ3) is 6.19. The lowest BCUT2D eigenvalue weighted by Gasteiger charge is -2.15. The SMILES string of the molecule is CCSCCCC(C)C(Cl)CC. The Morgan fingerprint density at radius 1 is 1.33 bits per heavy atom. The van der Waals surface area contributed by atoms with Crippen molar-refractivity contribution in [1.29, 1.82) is 0 Å². The Bertz CT molecular complexity index is 95.8. The minimum absolute atomic E-state index is 0.386. The number of rotatable bonds is 7. The van der Waals surface area contributed by atoms with E-state index in [1.165, 1.54) is 24.3 Å². The molecule has 0 amide bonds. The van der Waals surface area contributed by atoms with Gasteiger partial charge in [-0.1, -0.05) is 20.8 Å². The Morgan fingerprint density at radius 2 is 2.00 bits per heavy atom. The van der Waals surface area contributed by atoms with E-state index in [4.69, 9.17) is 11.6 Å². The fourth-order valence-electron chi connectivity index (χ4n) is 1.23. The van der Waals surface area contributed by atoms with Crippen molar-refractivity contribution in [3.63, 3.8) is 0 Å². The van der Waals surface area contributed by atoms with Gasteiger partial charge in [0.25, 0.3) is 0 Å². The summed E-state index contributed by atoms with van der Waals surface area (Å²) >= 11 is 8.15. The topological polar surface area (TPSA) is 0 Å². The molecule has 0 saturated carbocycles. The van der Waals surface area contributed by atoms with Crippen LogP contribution in [0.5, 0.6) is 0 Å². The van der Waals surface area contributed by atoms with Gasteiger partial charge in [0.2, 0.25) is 0 Å². The number of hydrogen-bond donors (Lipinski definition) is 0. The first kappa shape index (κ1) is 12.6. The average Bonchev–Trinajstić information content (AvgIpc) is 2.10. The summed E-state index contributed by atoms with van der Waals surface area (Å²) in [6.07, 6.45) is 3.71. The lowest BCUT2D eigenvalue weighted by Crippen LogP contribution is -2.10. The molecule has 2 unspecified atom stereocenters. The van der Waals surface area contributed by atoms with E-state index in [9.17, 15) is 0 Å². The lowest BCUT2D eigenvalue weighted by molar-refractivity contribution is 0.490. The van der Waals surface area contributed by atoms with Gasteiger partial charge in [0.15, 0.2) is 0 Å². The minimum atomic E-state index is 0.386. The van der Waals surface area contributed by atoms with Crippen molar-refractivity contribution in [1.82, 2.24) is 0 Å².